The first-order valence-corrected chi connectivity index (χ1v) is 13.7. The van der Waals surface area contributed by atoms with E-state index in [1.54, 1.807) is 19.1 Å². The van der Waals surface area contributed by atoms with Gasteiger partial charge in [-0.25, -0.2) is 14.1 Å². The SMILES string of the molecule is COC(=O)N1C(=O)[C@H]2[C@H](CC=C3[C@H]2C[C@H]2C(=O)N(c4ccc(F)c(Cl)c4)C(=O)[C@@]2(C)[C@H]3c2ccc(O)c(OC)c2)C1=O. The molecule has 12 heteroatoms. The Bertz CT molecular complexity index is 1620. The molecule has 6 atom stereocenters. The van der Waals surface area contributed by atoms with Crippen molar-refractivity contribution in [1.29, 1.82) is 0 Å². The zero-order valence-corrected chi connectivity index (χ0v) is 23.6. The van der Waals surface area contributed by atoms with Gasteiger partial charge in [-0.05, 0) is 61.6 Å². The molecule has 6 rings (SSSR count). The fourth-order valence-electron chi connectivity index (χ4n) is 7.41. The summed E-state index contributed by atoms with van der Waals surface area (Å²) in [6, 6.07) is 8.20. The molecule has 0 aromatic heterocycles. The molecule has 2 heterocycles. The van der Waals surface area contributed by atoms with E-state index < -0.39 is 70.5 Å². The zero-order chi connectivity index (χ0) is 30.2. The third-order valence-corrected chi connectivity index (χ3v) is 9.62. The maximum atomic E-state index is 14.3. The number of imide groups is 4. The number of carbonyl (C=O) groups excluding carboxylic acids is 5. The van der Waals surface area contributed by atoms with Crippen molar-refractivity contribution in [2.75, 3.05) is 19.1 Å². The highest BCUT2D eigenvalue weighted by molar-refractivity contribution is 6.31. The summed E-state index contributed by atoms with van der Waals surface area (Å²) in [7, 11) is 2.46. The molecule has 2 aromatic rings. The Hall–Kier alpha value is -4.25. The average Bonchev–Trinajstić information content (AvgIpc) is 3.34. The fraction of sp³-hybridized carbons (Fsp3) is 0.367. The molecule has 1 saturated carbocycles. The number of allylic oxidation sites excluding steroid dienone is 2. The monoisotopic (exact) mass is 596 g/mol. The van der Waals surface area contributed by atoms with Crippen LogP contribution < -0.4 is 9.64 Å². The second kappa shape index (κ2) is 9.65. The summed E-state index contributed by atoms with van der Waals surface area (Å²) < 4.78 is 24.0. The molecular weight excluding hydrogens is 571 g/mol. The number of ether oxygens (including phenoxy) is 2. The fourth-order valence-corrected chi connectivity index (χ4v) is 7.59. The van der Waals surface area contributed by atoms with E-state index in [0.717, 1.165) is 18.1 Å². The zero-order valence-electron chi connectivity index (χ0n) is 22.8. The van der Waals surface area contributed by atoms with Crippen LogP contribution >= 0.6 is 11.6 Å². The van der Waals surface area contributed by atoms with E-state index in [9.17, 15) is 33.5 Å². The Kier molecular flexibility index (Phi) is 6.41. The van der Waals surface area contributed by atoms with Crippen LogP contribution in [0.3, 0.4) is 0 Å². The van der Waals surface area contributed by atoms with Gasteiger partial charge < -0.3 is 14.6 Å². The van der Waals surface area contributed by atoms with E-state index in [-0.39, 0.29) is 35.1 Å². The molecule has 2 saturated heterocycles. The predicted octanol–water partition coefficient (Wildman–Crippen LogP) is 4.19. The van der Waals surface area contributed by atoms with Crippen LogP contribution in [0, 0.1) is 34.9 Å². The van der Waals surface area contributed by atoms with Gasteiger partial charge in [0.2, 0.25) is 23.6 Å². The van der Waals surface area contributed by atoms with Crippen molar-refractivity contribution < 1.29 is 42.9 Å². The van der Waals surface area contributed by atoms with Crippen LogP contribution in [0.1, 0.15) is 31.2 Å². The Morgan fingerprint density at radius 1 is 1.05 bits per heavy atom. The van der Waals surface area contributed by atoms with Crippen molar-refractivity contribution in [3.05, 3.63) is 64.5 Å². The minimum atomic E-state index is -1.37. The molecule has 4 aliphatic rings. The Morgan fingerprint density at radius 2 is 1.79 bits per heavy atom. The van der Waals surface area contributed by atoms with Crippen molar-refractivity contribution in [2.45, 2.75) is 25.7 Å². The number of anilines is 1. The first-order valence-electron chi connectivity index (χ1n) is 13.3. The normalized spacial score (nSPS) is 30.1. The van der Waals surface area contributed by atoms with Gasteiger partial charge in [0.05, 0.1) is 48.1 Å². The van der Waals surface area contributed by atoms with Crippen LogP contribution in [-0.4, -0.2) is 53.9 Å². The number of aromatic hydroxyl groups is 1. The van der Waals surface area contributed by atoms with Gasteiger partial charge in [-0.1, -0.05) is 29.3 Å². The topological polar surface area (TPSA) is 131 Å². The van der Waals surface area contributed by atoms with Crippen LogP contribution in [0.2, 0.25) is 5.02 Å². The first kappa shape index (κ1) is 27.9. The molecule has 0 unspecified atom stereocenters. The van der Waals surface area contributed by atoms with Crippen LogP contribution in [0.25, 0.3) is 0 Å². The molecule has 2 aliphatic carbocycles. The summed E-state index contributed by atoms with van der Waals surface area (Å²) >= 11 is 6.01. The van der Waals surface area contributed by atoms with Crippen LogP contribution in [-0.2, 0) is 23.9 Å². The number of benzene rings is 2. The number of likely N-dealkylation sites (tertiary alicyclic amines) is 1. The number of amides is 5. The molecule has 0 bridgehead atoms. The number of fused-ring (bicyclic) bond motifs is 4. The number of phenols is 1. The summed E-state index contributed by atoms with van der Waals surface area (Å²) in [4.78, 5) is 69.1. The third-order valence-electron chi connectivity index (χ3n) is 9.33. The van der Waals surface area contributed by atoms with Gasteiger partial charge >= 0.3 is 6.09 Å². The lowest BCUT2D eigenvalue weighted by atomic mass is 9.51. The summed E-state index contributed by atoms with van der Waals surface area (Å²) in [6.07, 6.45) is 0.936. The minimum Gasteiger partial charge on any atom is -0.504 e. The summed E-state index contributed by atoms with van der Waals surface area (Å²) in [5.41, 5.74) is -0.0418. The van der Waals surface area contributed by atoms with E-state index in [2.05, 4.69) is 4.74 Å². The molecular formula is C30H26ClFN2O8. The van der Waals surface area contributed by atoms with Crippen molar-refractivity contribution in [1.82, 2.24) is 4.90 Å². The highest BCUT2D eigenvalue weighted by atomic mass is 35.5. The van der Waals surface area contributed by atoms with Crippen LogP contribution in [0.4, 0.5) is 14.9 Å². The van der Waals surface area contributed by atoms with Gasteiger partial charge in [0.25, 0.3) is 0 Å². The standard InChI is InChI=1S/C30H26ClFN2O8/c1-30-18(26(37)33(28(30)39)14-5-8-20(32)19(31)11-14)12-17-15(24(30)13-4-9-21(35)22(10-13)41-2)6-7-16-23(17)27(38)34(25(16)36)29(40)42-3/h4-6,8-11,16-18,23-24,35H,7,12H2,1-3H3/t16-,17+,18-,23-,24-,30+/m0/s1. The third kappa shape index (κ3) is 3.65. The highest BCUT2D eigenvalue weighted by Crippen LogP contribution is 2.64. The Labute approximate surface area is 244 Å². The maximum Gasteiger partial charge on any atom is 0.423 e. The Morgan fingerprint density at radius 3 is 2.45 bits per heavy atom. The lowest BCUT2D eigenvalue weighted by Crippen LogP contribution is -2.49. The second-order valence-electron chi connectivity index (χ2n) is 11.2. The number of methoxy groups -OCH3 is 2. The maximum absolute atomic E-state index is 14.3. The second-order valence-corrected chi connectivity index (χ2v) is 11.6. The van der Waals surface area contributed by atoms with Crippen molar-refractivity contribution in [2.24, 2.45) is 29.1 Å². The molecule has 0 radical (unpaired) electrons. The van der Waals surface area contributed by atoms with E-state index in [1.807, 2.05) is 6.08 Å². The number of hydrogen-bond acceptors (Lipinski definition) is 8. The van der Waals surface area contributed by atoms with Crippen molar-refractivity contribution in [3.8, 4) is 11.5 Å². The number of rotatable bonds is 3. The van der Waals surface area contributed by atoms with E-state index >= 15 is 0 Å². The van der Waals surface area contributed by atoms with Gasteiger partial charge in [-0.15, -0.1) is 0 Å². The molecule has 2 aromatic carbocycles. The minimum absolute atomic E-state index is 0.0548. The lowest BCUT2D eigenvalue weighted by Gasteiger charge is -2.49. The predicted molar refractivity (Wildman–Crippen MR) is 145 cm³/mol. The lowest BCUT2D eigenvalue weighted by molar-refractivity contribution is -0.138. The Balaban J connectivity index is 1.53. The molecule has 5 amide bonds. The number of phenolic OH excluding ortho intramolecular Hbond substituents is 1. The van der Waals surface area contributed by atoms with Crippen LogP contribution in [0.15, 0.2) is 48.0 Å². The number of hydrogen-bond donors (Lipinski definition) is 1. The van der Waals surface area contributed by atoms with Crippen molar-refractivity contribution >= 4 is 47.0 Å². The molecule has 3 fully saturated rings. The van der Waals surface area contributed by atoms with E-state index in [0.29, 0.717) is 16.0 Å². The highest BCUT2D eigenvalue weighted by Gasteiger charge is 2.68. The van der Waals surface area contributed by atoms with Gasteiger partial charge in [0.15, 0.2) is 11.5 Å². The average molecular weight is 597 g/mol. The quantitative estimate of drug-likeness (QED) is 0.412. The van der Waals surface area contributed by atoms with E-state index in [1.165, 1.54) is 25.3 Å². The molecule has 2 aliphatic heterocycles. The van der Waals surface area contributed by atoms with Crippen molar-refractivity contribution in [3.63, 3.8) is 0 Å². The van der Waals surface area contributed by atoms with Gasteiger partial charge in [0, 0.05) is 5.92 Å². The van der Waals surface area contributed by atoms with Crippen LogP contribution in [0.5, 0.6) is 11.5 Å². The first-order chi connectivity index (χ1) is 19.9. The largest absolute Gasteiger partial charge is 0.504 e. The van der Waals surface area contributed by atoms with Gasteiger partial charge in [-0.3, -0.25) is 19.2 Å². The smallest absolute Gasteiger partial charge is 0.423 e. The molecule has 42 heavy (non-hydrogen) atoms. The molecule has 10 nitrogen and oxygen atoms in total. The molecule has 1 N–H and O–H groups in total. The number of nitrogens with zero attached hydrogens (tertiary/aromatic N) is 2. The summed E-state index contributed by atoms with van der Waals surface area (Å²) in [5.74, 6) is -7.32. The molecule has 218 valence electrons. The molecule has 0 spiro atoms. The van der Waals surface area contributed by atoms with E-state index in [4.69, 9.17) is 16.3 Å². The van der Waals surface area contributed by atoms with Gasteiger partial charge in [-0.2, -0.15) is 4.90 Å². The summed E-state index contributed by atoms with van der Waals surface area (Å²) in [6.45, 7) is 1.68. The van der Waals surface area contributed by atoms with Gasteiger partial charge in [0.1, 0.15) is 5.82 Å². The summed E-state index contributed by atoms with van der Waals surface area (Å²) in [5, 5.41) is 10.0. The number of halogens is 2. The number of carbonyl (C=O) groups is 5.